The van der Waals surface area contributed by atoms with Crippen molar-refractivity contribution in [3.63, 3.8) is 0 Å². The van der Waals surface area contributed by atoms with Crippen LogP contribution in [0.5, 0.6) is 5.75 Å². The minimum atomic E-state index is -0.218. The highest BCUT2D eigenvalue weighted by atomic mass is 16.5. The Bertz CT molecular complexity index is 572. The van der Waals surface area contributed by atoms with E-state index in [1.807, 2.05) is 31.2 Å². The van der Waals surface area contributed by atoms with Crippen LogP contribution in [0, 0.1) is 0 Å². The van der Waals surface area contributed by atoms with Crippen LogP contribution >= 0.6 is 0 Å². The van der Waals surface area contributed by atoms with E-state index in [1.54, 1.807) is 0 Å². The van der Waals surface area contributed by atoms with Crippen LogP contribution in [0.25, 0.3) is 0 Å². The molecule has 1 heterocycles. The molecule has 1 aliphatic heterocycles. The zero-order valence-corrected chi connectivity index (χ0v) is 14.9. The predicted molar refractivity (Wildman–Crippen MR) is 96.1 cm³/mol. The maximum atomic E-state index is 12.3. The minimum Gasteiger partial charge on any atom is -0.489 e. The molecule has 1 spiro atoms. The molecule has 1 aromatic carbocycles. The highest BCUT2D eigenvalue weighted by Crippen LogP contribution is 2.40. The molecule has 1 aliphatic carbocycles. The zero-order chi connectivity index (χ0) is 17.5. The first-order chi connectivity index (χ1) is 12.2. The fourth-order valence-corrected chi connectivity index (χ4v) is 3.70. The number of amides is 2. The molecule has 1 aromatic rings. The summed E-state index contributed by atoms with van der Waals surface area (Å²) in [5, 5.41) is 5.91. The van der Waals surface area contributed by atoms with E-state index in [-0.39, 0.29) is 17.7 Å². The number of benzene rings is 1. The van der Waals surface area contributed by atoms with Gasteiger partial charge in [-0.3, -0.25) is 0 Å². The van der Waals surface area contributed by atoms with Gasteiger partial charge in [0.05, 0.1) is 30.5 Å². The molecule has 6 heteroatoms. The summed E-state index contributed by atoms with van der Waals surface area (Å²) in [4.78, 5) is 12.3. The van der Waals surface area contributed by atoms with E-state index in [4.69, 9.17) is 14.2 Å². The topological polar surface area (TPSA) is 68.8 Å². The molecule has 2 fully saturated rings. The maximum Gasteiger partial charge on any atom is 0.319 e. The molecule has 2 N–H and O–H groups in total. The summed E-state index contributed by atoms with van der Waals surface area (Å²) in [6, 6.07) is 7.28. The summed E-state index contributed by atoms with van der Waals surface area (Å²) < 4.78 is 16.9. The van der Waals surface area contributed by atoms with Gasteiger partial charge in [-0.2, -0.15) is 0 Å². The van der Waals surface area contributed by atoms with Crippen molar-refractivity contribution >= 4 is 11.7 Å². The summed E-state index contributed by atoms with van der Waals surface area (Å²) in [6.07, 6.45) is 5.59. The Kier molecular flexibility index (Phi) is 6.15. The first kappa shape index (κ1) is 18.0. The van der Waals surface area contributed by atoms with Crippen molar-refractivity contribution in [1.29, 1.82) is 0 Å². The fraction of sp³-hybridized carbons (Fsp3) is 0.632. The Morgan fingerprint density at radius 1 is 1.28 bits per heavy atom. The quantitative estimate of drug-likeness (QED) is 0.742. The lowest BCUT2D eigenvalue weighted by Gasteiger charge is -2.21. The summed E-state index contributed by atoms with van der Waals surface area (Å²) in [5.41, 5.74) is 0.670. The average Bonchev–Trinajstić information content (AvgIpc) is 3.23. The van der Waals surface area contributed by atoms with Gasteiger partial charge in [0.2, 0.25) is 0 Å². The highest BCUT2D eigenvalue weighted by molar-refractivity contribution is 5.91. The lowest BCUT2D eigenvalue weighted by molar-refractivity contribution is 0.00998. The Balaban J connectivity index is 1.49. The van der Waals surface area contributed by atoms with Crippen molar-refractivity contribution in [2.24, 2.45) is 0 Å². The smallest absolute Gasteiger partial charge is 0.319 e. The predicted octanol–water partition coefficient (Wildman–Crippen LogP) is 3.33. The first-order valence-electron chi connectivity index (χ1n) is 9.22. The third kappa shape index (κ3) is 4.86. The van der Waals surface area contributed by atoms with Gasteiger partial charge in [0.15, 0.2) is 0 Å². The van der Waals surface area contributed by atoms with Gasteiger partial charge < -0.3 is 24.8 Å². The zero-order valence-electron chi connectivity index (χ0n) is 14.9. The molecule has 1 atom stereocenters. The molecule has 0 unspecified atom stereocenters. The van der Waals surface area contributed by atoms with Crippen molar-refractivity contribution in [2.45, 2.75) is 50.7 Å². The van der Waals surface area contributed by atoms with Crippen molar-refractivity contribution in [1.82, 2.24) is 5.32 Å². The van der Waals surface area contributed by atoms with Crippen LogP contribution in [0.15, 0.2) is 24.3 Å². The minimum absolute atomic E-state index is 0.0121. The fourth-order valence-electron chi connectivity index (χ4n) is 3.70. The van der Waals surface area contributed by atoms with Gasteiger partial charge in [-0.25, -0.2) is 4.79 Å². The number of hydrogen-bond acceptors (Lipinski definition) is 4. The van der Waals surface area contributed by atoms with E-state index in [9.17, 15) is 4.79 Å². The summed E-state index contributed by atoms with van der Waals surface area (Å²) in [7, 11) is 0. The molecule has 2 amide bonds. The largest absolute Gasteiger partial charge is 0.489 e. The normalized spacial score (nSPS) is 21.4. The second-order valence-corrected chi connectivity index (χ2v) is 6.74. The molecule has 1 saturated carbocycles. The van der Waals surface area contributed by atoms with Crippen LogP contribution < -0.4 is 15.4 Å². The van der Waals surface area contributed by atoms with Gasteiger partial charge in [0, 0.05) is 6.61 Å². The van der Waals surface area contributed by atoms with E-state index < -0.39 is 0 Å². The monoisotopic (exact) mass is 348 g/mol. The molecule has 3 rings (SSSR count). The molecule has 0 radical (unpaired) electrons. The maximum absolute atomic E-state index is 12.3. The molecule has 0 aromatic heterocycles. The van der Waals surface area contributed by atoms with Crippen molar-refractivity contribution < 1.29 is 19.0 Å². The number of para-hydroxylation sites is 2. The van der Waals surface area contributed by atoms with Gasteiger partial charge in [0.25, 0.3) is 0 Å². The van der Waals surface area contributed by atoms with E-state index >= 15 is 0 Å². The van der Waals surface area contributed by atoms with Crippen molar-refractivity contribution in [3.8, 4) is 5.75 Å². The number of hydrogen-bond donors (Lipinski definition) is 2. The number of nitrogens with one attached hydrogen (secondary N) is 2. The SMILES string of the molecule is CCOCCOc1ccccc1NC(=O)N[C@@H]1COC2(CCCC2)C1. The first-order valence-corrected chi connectivity index (χ1v) is 9.22. The van der Waals surface area contributed by atoms with Gasteiger partial charge in [0.1, 0.15) is 12.4 Å². The number of anilines is 1. The molecule has 0 bridgehead atoms. The molecule has 6 nitrogen and oxygen atoms in total. The number of rotatable bonds is 7. The Hall–Kier alpha value is -1.79. The number of carbonyl (C=O) groups excluding carboxylic acids is 1. The van der Waals surface area contributed by atoms with Crippen molar-refractivity contribution in [2.75, 3.05) is 31.7 Å². The lowest BCUT2D eigenvalue weighted by Crippen LogP contribution is -2.39. The van der Waals surface area contributed by atoms with E-state index in [0.29, 0.717) is 37.9 Å². The standard InChI is InChI=1S/C19H28N2O4/c1-2-23-11-12-24-17-8-4-3-7-16(17)21-18(22)20-15-13-19(25-14-15)9-5-6-10-19/h3-4,7-8,15H,2,5-6,9-14H2,1H3,(H2,20,21,22)/t15-/m0/s1. The van der Waals surface area contributed by atoms with E-state index in [0.717, 1.165) is 19.3 Å². The van der Waals surface area contributed by atoms with Crippen LogP contribution in [0.1, 0.15) is 39.0 Å². The third-order valence-electron chi connectivity index (χ3n) is 4.88. The molecular weight excluding hydrogens is 320 g/mol. The second-order valence-electron chi connectivity index (χ2n) is 6.74. The second kappa shape index (κ2) is 8.54. The number of urea groups is 1. The van der Waals surface area contributed by atoms with E-state index in [1.165, 1.54) is 12.8 Å². The van der Waals surface area contributed by atoms with Crippen LogP contribution in [-0.2, 0) is 9.47 Å². The summed E-state index contributed by atoms with van der Waals surface area (Å²) in [5.74, 6) is 0.646. The summed E-state index contributed by atoms with van der Waals surface area (Å²) in [6.45, 7) is 4.18. The van der Waals surface area contributed by atoms with Gasteiger partial charge in [-0.15, -0.1) is 0 Å². The highest BCUT2D eigenvalue weighted by Gasteiger charge is 2.42. The van der Waals surface area contributed by atoms with Crippen LogP contribution in [0.4, 0.5) is 10.5 Å². The Labute approximate surface area is 149 Å². The lowest BCUT2D eigenvalue weighted by atomic mass is 9.96. The van der Waals surface area contributed by atoms with Crippen LogP contribution in [-0.4, -0.2) is 44.1 Å². The number of carbonyl (C=O) groups is 1. The van der Waals surface area contributed by atoms with Crippen molar-refractivity contribution in [3.05, 3.63) is 24.3 Å². The van der Waals surface area contributed by atoms with Gasteiger partial charge >= 0.3 is 6.03 Å². The number of ether oxygens (including phenoxy) is 3. The Morgan fingerprint density at radius 2 is 2.08 bits per heavy atom. The molecule has 25 heavy (non-hydrogen) atoms. The Morgan fingerprint density at radius 3 is 2.88 bits per heavy atom. The van der Waals surface area contributed by atoms with Crippen LogP contribution in [0.2, 0.25) is 0 Å². The molecule has 1 saturated heterocycles. The van der Waals surface area contributed by atoms with Crippen LogP contribution in [0.3, 0.4) is 0 Å². The van der Waals surface area contributed by atoms with E-state index in [2.05, 4.69) is 10.6 Å². The summed E-state index contributed by atoms with van der Waals surface area (Å²) >= 11 is 0. The molecule has 138 valence electrons. The average molecular weight is 348 g/mol. The molecule has 2 aliphatic rings. The van der Waals surface area contributed by atoms with Gasteiger partial charge in [-0.1, -0.05) is 25.0 Å². The molecular formula is C19H28N2O4. The third-order valence-corrected chi connectivity index (χ3v) is 4.88. The van der Waals surface area contributed by atoms with Gasteiger partial charge in [-0.05, 0) is 38.3 Å².